The van der Waals surface area contributed by atoms with Gasteiger partial charge in [0.25, 0.3) is 11.8 Å². The molecule has 9 nitrogen and oxygen atoms in total. The summed E-state index contributed by atoms with van der Waals surface area (Å²) in [6, 6.07) is 4.14. The van der Waals surface area contributed by atoms with Gasteiger partial charge in [0.15, 0.2) is 5.69 Å². The lowest BCUT2D eigenvalue weighted by Crippen LogP contribution is -2.43. The number of aromatic nitrogens is 2. The molecule has 0 unspecified atom stereocenters. The molecule has 2 aromatic rings. The van der Waals surface area contributed by atoms with Crippen molar-refractivity contribution in [3.8, 4) is 0 Å². The van der Waals surface area contributed by atoms with E-state index in [4.69, 9.17) is 11.6 Å². The van der Waals surface area contributed by atoms with E-state index in [9.17, 15) is 31.2 Å². The number of amides is 2. The molecule has 0 fully saturated rings. The minimum Gasteiger partial charge on any atom is -0.271 e. The second-order valence-corrected chi connectivity index (χ2v) is 8.39. The Kier molecular flexibility index (Phi) is 6.55. The summed E-state index contributed by atoms with van der Waals surface area (Å²) in [5.74, 6) is -1.79. The Morgan fingerprint density at radius 2 is 1.86 bits per heavy atom. The van der Waals surface area contributed by atoms with Crippen molar-refractivity contribution in [3.63, 3.8) is 0 Å². The number of hydrazine groups is 1. The highest BCUT2D eigenvalue weighted by molar-refractivity contribution is 7.89. The SMILES string of the molecule is CN(C)S(=O)(=O)c1ccc(Cl)c(C(=O)NNC(=O)Cn2ccc(C(F)(F)F)n2)c1. The molecule has 0 aliphatic carbocycles. The fourth-order valence-electron chi connectivity index (χ4n) is 2.03. The maximum atomic E-state index is 12.5. The van der Waals surface area contributed by atoms with E-state index in [1.165, 1.54) is 26.2 Å². The van der Waals surface area contributed by atoms with Crippen molar-refractivity contribution in [2.45, 2.75) is 17.6 Å². The molecule has 158 valence electrons. The van der Waals surface area contributed by atoms with Crippen LogP contribution in [0.1, 0.15) is 16.1 Å². The van der Waals surface area contributed by atoms with Gasteiger partial charge in [-0.1, -0.05) is 11.6 Å². The van der Waals surface area contributed by atoms with Gasteiger partial charge in [0.2, 0.25) is 10.0 Å². The van der Waals surface area contributed by atoms with Crippen molar-refractivity contribution < 1.29 is 31.2 Å². The van der Waals surface area contributed by atoms with Crippen LogP contribution < -0.4 is 10.9 Å². The molecular formula is C15H15ClF3N5O4S. The van der Waals surface area contributed by atoms with E-state index in [-0.39, 0.29) is 15.5 Å². The largest absolute Gasteiger partial charge is 0.435 e. The van der Waals surface area contributed by atoms with Gasteiger partial charge in [0.1, 0.15) is 6.54 Å². The lowest BCUT2D eigenvalue weighted by molar-refractivity contribution is -0.141. The number of alkyl halides is 3. The van der Waals surface area contributed by atoms with Crippen LogP contribution in [0, 0.1) is 0 Å². The van der Waals surface area contributed by atoms with Crippen molar-refractivity contribution in [2.24, 2.45) is 0 Å². The van der Waals surface area contributed by atoms with Crippen LogP contribution in [-0.2, 0) is 27.5 Å². The van der Waals surface area contributed by atoms with Crippen LogP contribution in [0.4, 0.5) is 13.2 Å². The Labute approximate surface area is 168 Å². The number of carbonyl (C=O) groups excluding carboxylic acids is 2. The summed E-state index contributed by atoms with van der Waals surface area (Å²) in [5.41, 5.74) is 2.60. The summed E-state index contributed by atoms with van der Waals surface area (Å²) in [7, 11) is -1.21. The van der Waals surface area contributed by atoms with Gasteiger partial charge in [-0.2, -0.15) is 18.3 Å². The number of sulfonamides is 1. The average molecular weight is 454 g/mol. The third-order valence-corrected chi connectivity index (χ3v) is 5.65. The molecule has 0 radical (unpaired) electrons. The molecule has 29 heavy (non-hydrogen) atoms. The zero-order valence-electron chi connectivity index (χ0n) is 15.0. The van der Waals surface area contributed by atoms with Gasteiger partial charge < -0.3 is 0 Å². The molecule has 2 N–H and O–H groups in total. The molecule has 0 atom stereocenters. The van der Waals surface area contributed by atoms with E-state index in [1.807, 2.05) is 10.9 Å². The number of nitrogens with zero attached hydrogens (tertiary/aromatic N) is 3. The van der Waals surface area contributed by atoms with Crippen LogP contribution in [0.2, 0.25) is 5.02 Å². The van der Waals surface area contributed by atoms with Crippen molar-refractivity contribution in [2.75, 3.05) is 14.1 Å². The molecule has 0 saturated heterocycles. The molecule has 14 heteroatoms. The van der Waals surface area contributed by atoms with E-state index < -0.39 is 40.3 Å². The highest BCUT2D eigenvalue weighted by atomic mass is 35.5. The maximum Gasteiger partial charge on any atom is 0.435 e. The fourth-order valence-corrected chi connectivity index (χ4v) is 3.16. The van der Waals surface area contributed by atoms with Crippen LogP contribution in [0.3, 0.4) is 0 Å². The van der Waals surface area contributed by atoms with Gasteiger partial charge in [-0.05, 0) is 24.3 Å². The van der Waals surface area contributed by atoms with Crippen molar-refractivity contribution in [3.05, 3.63) is 46.7 Å². The zero-order chi connectivity index (χ0) is 22.0. The number of hydrogen-bond acceptors (Lipinski definition) is 5. The first kappa shape index (κ1) is 22.6. The molecule has 1 aromatic carbocycles. The first-order valence-electron chi connectivity index (χ1n) is 7.74. The second kappa shape index (κ2) is 8.39. The summed E-state index contributed by atoms with van der Waals surface area (Å²) in [6.07, 6.45) is -3.69. The van der Waals surface area contributed by atoms with E-state index in [0.717, 1.165) is 21.3 Å². The molecule has 0 bridgehead atoms. The Balaban J connectivity index is 2.05. The summed E-state index contributed by atoms with van der Waals surface area (Å²) in [4.78, 5) is 23.8. The van der Waals surface area contributed by atoms with Crippen LogP contribution in [0.15, 0.2) is 35.4 Å². The minimum atomic E-state index is -4.65. The maximum absolute atomic E-state index is 12.5. The highest BCUT2D eigenvalue weighted by Crippen LogP contribution is 2.27. The van der Waals surface area contributed by atoms with E-state index in [2.05, 4.69) is 5.10 Å². The topological polar surface area (TPSA) is 113 Å². The first-order chi connectivity index (χ1) is 13.3. The number of carbonyl (C=O) groups is 2. The van der Waals surface area contributed by atoms with Crippen LogP contribution >= 0.6 is 11.6 Å². The van der Waals surface area contributed by atoms with Gasteiger partial charge in [-0.15, -0.1) is 0 Å². The first-order valence-corrected chi connectivity index (χ1v) is 9.56. The van der Waals surface area contributed by atoms with Crippen LogP contribution in [-0.4, -0.2) is 48.4 Å². The van der Waals surface area contributed by atoms with Crippen molar-refractivity contribution in [1.29, 1.82) is 0 Å². The van der Waals surface area contributed by atoms with Gasteiger partial charge >= 0.3 is 6.18 Å². The molecular weight excluding hydrogens is 439 g/mol. The average Bonchev–Trinajstić information content (AvgIpc) is 3.08. The third-order valence-electron chi connectivity index (χ3n) is 3.51. The molecule has 0 saturated carbocycles. The van der Waals surface area contributed by atoms with Crippen molar-refractivity contribution >= 4 is 33.4 Å². The van der Waals surface area contributed by atoms with Crippen LogP contribution in [0.5, 0.6) is 0 Å². The quantitative estimate of drug-likeness (QED) is 0.662. The predicted octanol–water partition coefficient (Wildman–Crippen LogP) is 1.27. The van der Waals surface area contributed by atoms with Crippen LogP contribution in [0.25, 0.3) is 0 Å². The summed E-state index contributed by atoms with van der Waals surface area (Å²) in [5, 5.41) is 3.13. The molecule has 1 heterocycles. The summed E-state index contributed by atoms with van der Waals surface area (Å²) in [6.45, 7) is -0.598. The number of benzene rings is 1. The van der Waals surface area contributed by atoms with Gasteiger partial charge in [-0.3, -0.25) is 25.1 Å². The zero-order valence-corrected chi connectivity index (χ0v) is 16.6. The highest BCUT2D eigenvalue weighted by Gasteiger charge is 2.33. The monoisotopic (exact) mass is 453 g/mol. The summed E-state index contributed by atoms with van der Waals surface area (Å²) < 4.78 is 63.5. The lowest BCUT2D eigenvalue weighted by atomic mass is 10.2. The second-order valence-electron chi connectivity index (χ2n) is 5.83. The van der Waals surface area contributed by atoms with Gasteiger partial charge in [0, 0.05) is 20.3 Å². The number of halogens is 4. The third kappa shape index (κ3) is 5.46. The molecule has 1 aromatic heterocycles. The molecule has 2 rings (SSSR count). The Bertz CT molecular complexity index is 1040. The lowest BCUT2D eigenvalue weighted by Gasteiger charge is -2.13. The Morgan fingerprint density at radius 1 is 1.21 bits per heavy atom. The molecule has 0 aliphatic heterocycles. The number of rotatable bonds is 5. The molecule has 0 spiro atoms. The fraction of sp³-hybridized carbons (Fsp3) is 0.267. The molecule has 2 amide bonds. The normalized spacial score (nSPS) is 12.1. The minimum absolute atomic E-state index is 0.0728. The standard InChI is InChI=1S/C15H15ClF3N5O4S/c1-23(2)29(27,28)9-3-4-11(16)10(7-9)14(26)21-20-13(25)8-24-6-5-12(22-24)15(17,18)19/h3-7H,8H2,1-2H3,(H,20,25)(H,21,26). The van der Waals surface area contributed by atoms with Gasteiger partial charge in [-0.25, -0.2) is 12.7 Å². The number of hydrogen-bond donors (Lipinski definition) is 2. The van der Waals surface area contributed by atoms with E-state index >= 15 is 0 Å². The summed E-state index contributed by atoms with van der Waals surface area (Å²) >= 11 is 5.91. The Hall–Kier alpha value is -2.64. The van der Waals surface area contributed by atoms with Gasteiger partial charge in [0.05, 0.1) is 15.5 Å². The smallest absolute Gasteiger partial charge is 0.271 e. The Morgan fingerprint density at radius 3 is 2.41 bits per heavy atom. The van der Waals surface area contributed by atoms with E-state index in [1.54, 1.807) is 0 Å². The number of nitrogens with one attached hydrogen (secondary N) is 2. The molecule has 0 aliphatic rings. The van der Waals surface area contributed by atoms with Crippen molar-refractivity contribution in [1.82, 2.24) is 24.9 Å². The predicted molar refractivity (Wildman–Crippen MR) is 95.2 cm³/mol. The van der Waals surface area contributed by atoms with E-state index in [0.29, 0.717) is 6.07 Å².